The Labute approximate surface area is 146 Å². The topological polar surface area (TPSA) is 38.3 Å². The van der Waals surface area contributed by atoms with Crippen LogP contribution in [0, 0.1) is 11.7 Å². The van der Waals surface area contributed by atoms with E-state index in [1.165, 1.54) is 12.1 Å². The van der Waals surface area contributed by atoms with Crippen LogP contribution in [0.2, 0.25) is 5.02 Å². The van der Waals surface area contributed by atoms with Crippen LogP contribution in [-0.2, 0) is 11.2 Å². The van der Waals surface area contributed by atoms with Crippen molar-refractivity contribution in [3.63, 3.8) is 0 Å². The monoisotopic (exact) mass is 349 g/mol. The third kappa shape index (κ3) is 4.48. The van der Waals surface area contributed by atoms with E-state index >= 15 is 0 Å². The van der Waals surface area contributed by atoms with Crippen LogP contribution in [0.25, 0.3) is 0 Å². The number of carbonyl (C=O) groups excluding carboxylic acids is 1. The van der Waals surface area contributed by atoms with E-state index in [2.05, 4.69) is 5.32 Å². The van der Waals surface area contributed by atoms with Gasteiger partial charge >= 0.3 is 0 Å². The average molecular weight is 350 g/mol. The lowest BCUT2D eigenvalue weighted by Gasteiger charge is -2.23. The quantitative estimate of drug-likeness (QED) is 0.831. The zero-order chi connectivity index (χ0) is 17.7. The number of nitrogens with one attached hydrogen (secondary N) is 1. The van der Waals surface area contributed by atoms with Gasteiger partial charge in [-0.05, 0) is 35.7 Å². The second kappa shape index (κ2) is 8.15. The molecule has 0 spiro atoms. The zero-order valence-corrected chi connectivity index (χ0v) is 14.7. The highest BCUT2D eigenvalue weighted by Crippen LogP contribution is 2.25. The van der Waals surface area contributed by atoms with Gasteiger partial charge in [0.2, 0.25) is 5.91 Å². The Kier molecular flexibility index (Phi) is 6.21. The van der Waals surface area contributed by atoms with Crippen molar-refractivity contribution in [2.24, 2.45) is 5.92 Å². The summed E-state index contributed by atoms with van der Waals surface area (Å²) in [6, 6.07) is 11.8. The molecule has 0 aliphatic carbocycles. The standard InChI is InChI=1S/C19H21ClFNO2/c1-12(2)19(13-7-9-14(24-3)10-8-13)22-18(23)11-15-16(20)5-4-6-17(15)21/h4-10,12,19H,11H2,1-3H3,(H,22,23)/t19-/m1/s1. The Hall–Kier alpha value is -2.07. The predicted molar refractivity (Wildman–Crippen MR) is 93.8 cm³/mol. The van der Waals surface area contributed by atoms with Gasteiger partial charge in [0.15, 0.2) is 0 Å². The molecule has 0 saturated carbocycles. The molecule has 3 nitrogen and oxygen atoms in total. The number of halogens is 2. The van der Waals surface area contributed by atoms with E-state index in [0.29, 0.717) is 0 Å². The lowest BCUT2D eigenvalue weighted by molar-refractivity contribution is -0.121. The molecule has 0 aromatic heterocycles. The van der Waals surface area contributed by atoms with Crippen LogP contribution in [0.15, 0.2) is 42.5 Å². The van der Waals surface area contributed by atoms with Crippen molar-refractivity contribution >= 4 is 17.5 Å². The molecule has 128 valence electrons. The maximum absolute atomic E-state index is 13.8. The van der Waals surface area contributed by atoms with E-state index in [1.54, 1.807) is 13.2 Å². The summed E-state index contributed by atoms with van der Waals surface area (Å²) in [7, 11) is 1.61. The molecule has 1 amide bonds. The number of carbonyl (C=O) groups is 1. The van der Waals surface area contributed by atoms with Gasteiger partial charge in [0.1, 0.15) is 11.6 Å². The Morgan fingerprint density at radius 3 is 2.42 bits per heavy atom. The molecule has 0 aliphatic rings. The molecule has 0 radical (unpaired) electrons. The fourth-order valence-electron chi connectivity index (χ4n) is 2.53. The van der Waals surface area contributed by atoms with Gasteiger partial charge in [-0.15, -0.1) is 0 Å². The molecule has 0 saturated heterocycles. The highest BCUT2D eigenvalue weighted by molar-refractivity contribution is 6.31. The molecule has 2 aromatic carbocycles. The Balaban J connectivity index is 2.13. The maximum Gasteiger partial charge on any atom is 0.225 e. The minimum absolute atomic E-state index is 0.0924. The van der Waals surface area contributed by atoms with Crippen LogP contribution in [0.5, 0.6) is 5.75 Å². The molecule has 0 aliphatic heterocycles. The second-order valence-electron chi connectivity index (χ2n) is 5.94. The molecule has 2 rings (SSSR count). The lowest BCUT2D eigenvalue weighted by atomic mass is 9.95. The summed E-state index contributed by atoms with van der Waals surface area (Å²) in [4.78, 5) is 12.4. The summed E-state index contributed by atoms with van der Waals surface area (Å²) < 4.78 is 19.0. The van der Waals surface area contributed by atoms with E-state index in [1.807, 2.05) is 38.1 Å². The van der Waals surface area contributed by atoms with Crippen LogP contribution >= 0.6 is 11.6 Å². The van der Waals surface area contributed by atoms with Crippen LogP contribution < -0.4 is 10.1 Å². The van der Waals surface area contributed by atoms with E-state index in [9.17, 15) is 9.18 Å². The van der Waals surface area contributed by atoms with Gasteiger partial charge in [-0.25, -0.2) is 4.39 Å². The summed E-state index contributed by atoms with van der Waals surface area (Å²) in [5, 5.41) is 3.23. The van der Waals surface area contributed by atoms with Crippen molar-refractivity contribution in [3.05, 3.63) is 64.4 Å². The van der Waals surface area contributed by atoms with Crippen molar-refractivity contribution in [1.82, 2.24) is 5.32 Å². The molecule has 24 heavy (non-hydrogen) atoms. The highest BCUT2D eigenvalue weighted by Gasteiger charge is 2.20. The third-order valence-corrected chi connectivity index (χ3v) is 4.21. The van der Waals surface area contributed by atoms with Crippen molar-refractivity contribution in [2.45, 2.75) is 26.3 Å². The predicted octanol–water partition coefficient (Wildman–Crippen LogP) is 4.54. The number of methoxy groups -OCH3 is 1. The average Bonchev–Trinajstić information content (AvgIpc) is 2.56. The number of benzene rings is 2. The minimum atomic E-state index is -0.469. The summed E-state index contributed by atoms with van der Waals surface area (Å²) in [6.45, 7) is 4.04. The Bertz CT molecular complexity index is 681. The largest absolute Gasteiger partial charge is 0.497 e. The van der Waals surface area contributed by atoms with Gasteiger partial charge in [0.25, 0.3) is 0 Å². The minimum Gasteiger partial charge on any atom is -0.497 e. The van der Waals surface area contributed by atoms with Crippen molar-refractivity contribution in [3.8, 4) is 5.75 Å². The van der Waals surface area contributed by atoms with Gasteiger partial charge in [-0.3, -0.25) is 4.79 Å². The number of ether oxygens (including phenoxy) is 1. The molecule has 1 atom stereocenters. The molecule has 5 heteroatoms. The SMILES string of the molecule is COc1ccc([C@H](NC(=O)Cc2c(F)cccc2Cl)C(C)C)cc1. The summed E-state index contributed by atoms with van der Waals surface area (Å²) in [5.74, 6) is 0.198. The molecule has 0 heterocycles. The van der Waals surface area contributed by atoms with Gasteiger partial charge in [0, 0.05) is 10.6 Å². The Morgan fingerprint density at radius 2 is 1.88 bits per heavy atom. The number of hydrogen-bond donors (Lipinski definition) is 1. The molecule has 0 bridgehead atoms. The van der Waals surface area contributed by atoms with Crippen molar-refractivity contribution in [1.29, 1.82) is 0 Å². The van der Waals surface area contributed by atoms with Crippen molar-refractivity contribution < 1.29 is 13.9 Å². The molecule has 1 N–H and O–H groups in total. The summed E-state index contributed by atoms with van der Waals surface area (Å²) in [6.07, 6.45) is -0.0924. The zero-order valence-electron chi connectivity index (χ0n) is 14.0. The molecule has 2 aromatic rings. The van der Waals surface area contributed by atoms with E-state index in [0.717, 1.165) is 11.3 Å². The van der Waals surface area contributed by atoms with Gasteiger partial charge in [-0.1, -0.05) is 43.6 Å². The summed E-state index contributed by atoms with van der Waals surface area (Å²) in [5.41, 5.74) is 1.19. The summed E-state index contributed by atoms with van der Waals surface area (Å²) >= 11 is 5.99. The van der Waals surface area contributed by atoms with E-state index in [-0.39, 0.29) is 34.9 Å². The first kappa shape index (κ1) is 18.3. The smallest absolute Gasteiger partial charge is 0.225 e. The lowest BCUT2D eigenvalue weighted by Crippen LogP contribution is -2.33. The first-order valence-corrected chi connectivity index (χ1v) is 8.16. The fourth-order valence-corrected chi connectivity index (χ4v) is 2.76. The van der Waals surface area contributed by atoms with Crippen LogP contribution in [0.1, 0.15) is 31.0 Å². The fraction of sp³-hybridized carbons (Fsp3) is 0.316. The van der Waals surface area contributed by atoms with E-state index in [4.69, 9.17) is 16.3 Å². The van der Waals surface area contributed by atoms with Crippen LogP contribution in [-0.4, -0.2) is 13.0 Å². The Morgan fingerprint density at radius 1 is 1.21 bits per heavy atom. The molecule has 0 unspecified atom stereocenters. The molecular weight excluding hydrogens is 329 g/mol. The molecular formula is C19H21ClFNO2. The number of amides is 1. The molecule has 0 fully saturated rings. The van der Waals surface area contributed by atoms with Gasteiger partial charge < -0.3 is 10.1 Å². The first-order chi connectivity index (χ1) is 11.4. The van der Waals surface area contributed by atoms with Crippen molar-refractivity contribution in [2.75, 3.05) is 7.11 Å². The highest BCUT2D eigenvalue weighted by atomic mass is 35.5. The normalized spacial score (nSPS) is 12.1. The van der Waals surface area contributed by atoms with Gasteiger partial charge in [-0.2, -0.15) is 0 Å². The first-order valence-electron chi connectivity index (χ1n) is 7.78. The van der Waals surface area contributed by atoms with E-state index < -0.39 is 5.82 Å². The van der Waals surface area contributed by atoms with Crippen LogP contribution in [0.4, 0.5) is 4.39 Å². The maximum atomic E-state index is 13.8. The van der Waals surface area contributed by atoms with Gasteiger partial charge in [0.05, 0.1) is 19.6 Å². The van der Waals surface area contributed by atoms with Crippen LogP contribution in [0.3, 0.4) is 0 Å². The second-order valence-corrected chi connectivity index (χ2v) is 6.35. The third-order valence-electron chi connectivity index (χ3n) is 3.86. The number of rotatable bonds is 6. The number of hydrogen-bond acceptors (Lipinski definition) is 2.